The molecule has 0 saturated carbocycles. The van der Waals surface area contributed by atoms with Crippen molar-refractivity contribution in [1.82, 2.24) is 9.80 Å². The molecule has 1 atom stereocenters. The number of ether oxygens (including phenoxy) is 2. The van der Waals surface area contributed by atoms with Crippen molar-refractivity contribution < 1.29 is 19.1 Å². The van der Waals surface area contributed by atoms with E-state index < -0.39 is 0 Å². The van der Waals surface area contributed by atoms with Gasteiger partial charge in [0.05, 0.1) is 13.2 Å². The van der Waals surface area contributed by atoms with E-state index in [9.17, 15) is 9.59 Å². The van der Waals surface area contributed by atoms with Crippen LogP contribution in [-0.4, -0.2) is 55.0 Å². The Kier molecular flexibility index (Phi) is 8.31. The number of nitrogens with zero attached hydrogens (tertiary/aromatic N) is 2. The Morgan fingerprint density at radius 3 is 2.71 bits per heavy atom. The van der Waals surface area contributed by atoms with Gasteiger partial charge in [-0.2, -0.15) is 0 Å². The first-order chi connectivity index (χ1) is 17.0. The quantitative estimate of drug-likeness (QED) is 0.381. The normalized spacial score (nSPS) is 14.8. The van der Waals surface area contributed by atoms with Gasteiger partial charge in [-0.05, 0) is 60.2 Å². The van der Waals surface area contributed by atoms with Crippen LogP contribution in [0, 0.1) is 0 Å². The van der Waals surface area contributed by atoms with Crippen LogP contribution in [0.4, 0.5) is 0 Å². The summed E-state index contributed by atoms with van der Waals surface area (Å²) in [5, 5.41) is 2.55. The van der Waals surface area contributed by atoms with Crippen molar-refractivity contribution in [2.24, 2.45) is 0 Å². The highest BCUT2D eigenvalue weighted by molar-refractivity contribution is 7.10. The van der Waals surface area contributed by atoms with Crippen LogP contribution in [0.2, 0.25) is 5.02 Å². The number of hydrogen-bond acceptors (Lipinski definition) is 5. The SMILES string of the molecule is CCCN(CC(=O)N1CCc2sccc2[C@H]1COc1cccc(OC)c1)C(=O)c1cccc(Cl)c1. The third kappa shape index (κ3) is 5.97. The number of amides is 2. The van der Waals surface area contributed by atoms with Crippen molar-refractivity contribution in [1.29, 1.82) is 0 Å². The molecule has 4 rings (SSSR count). The molecule has 1 aliphatic rings. The highest BCUT2D eigenvalue weighted by atomic mass is 35.5. The highest BCUT2D eigenvalue weighted by Crippen LogP contribution is 2.34. The summed E-state index contributed by atoms with van der Waals surface area (Å²) in [5.41, 5.74) is 1.59. The minimum Gasteiger partial charge on any atom is -0.497 e. The minimum absolute atomic E-state index is 0.00825. The smallest absolute Gasteiger partial charge is 0.254 e. The number of thiophene rings is 1. The van der Waals surface area contributed by atoms with Gasteiger partial charge < -0.3 is 19.3 Å². The topological polar surface area (TPSA) is 59.1 Å². The fourth-order valence-electron chi connectivity index (χ4n) is 4.32. The average Bonchev–Trinajstić information content (AvgIpc) is 3.36. The number of carbonyl (C=O) groups excluding carboxylic acids is 2. The number of carbonyl (C=O) groups is 2. The summed E-state index contributed by atoms with van der Waals surface area (Å²) >= 11 is 7.80. The van der Waals surface area contributed by atoms with E-state index in [2.05, 4.69) is 11.4 Å². The second-order valence-electron chi connectivity index (χ2n) is 8.38. The average molecular weight is 513 g/mol. The van der Waals surface area contributed by atoms with Crippen molar-refractivity contribution in [3.8, 4) is 11.5 Å². The van der Waals surface area contributed by atoms with E-state index in [1.807, 2.05) is 36.1 Å². The Morgan fingerprint density at radius 1 is 1.14 bits per heavy atom. The molecule has 35 heavy (non-hydrogen) atoms. The molecule has 2 aromatic carbocycles. The molecule has 0 radical (unpaired) electrons. The molecule has 0 N–H and O–H groups in total. The van der Waals surface area contributed by atoms with E-state index >= 15 is 0 Å². The van der Waals surface area contributed by atoms with E-state index in [1.54, 1.807) is 47.6 Å². The van der Waals surface area contributed by atoms with E-state index in [0.29, 0.717) is 41.8 Å². The maximum Gasteiger partial charge on any atom is 0.254 e. The molecule has 1 aromatic heterocycles. The Morgan fingerprint density at radius 2 is 1.94 bits per heavy atom. The van der Waals surface area contributed by atoms with Crippen molar-refractivity contribution >= 4 is 34.8 Å². The largest absolute Gasteiger partial charge is 0.497 e. The Bertz CT molecular complexity index is 1180. The zero-order valence-corrected chi connectivity index (χ0v) is 21.5. The first kappa shape index (κ1) is 25.1. The zero-order chi connectivity index (χ0) is 24.8. The van der Waals surface area contributed by atoms with Gasteiger partial charge in [-0.3, -0.25) is 9.59 Å². The molecule has 0 bridgehead atoms. The lowest BCUT2D eigenvalue weighted by Crippen LogP contribution is -2.48. The third-order valence-corrected chi connectivity index (χ3v) is 7.27. The molecular weight excluding hydrogens is 484 g/mol. The summed E-state index contributed by atoms with van der Waals surface area (Å²) in [6.45, 7) is 3.39. The number of halogens is 1. The van der Waals surface area contributed by atoms with Crippen LogP contribution in [-0.2, 0) is 11.2 Å². The number of benzene rings is 2. The molecule has 0 unspecified atom stereocenters. The van der Waals surface area contributed by atoms with E-state index in [4.69, 9.17) is 21.1 Å². The van der Waals surface area contributed by atoms with E-state index in [1.165, 1.54) is 4.88 Å². The molecule has 0 fully saturated rings. The summed E-state index contributed by atoms with van der Waals surface area (Å²) in [7, 11) is 1.62. The fourth-order valence-corrected chi connectivity index (χ4v) is 5.44. The monoisotopic (exact) mass is 512 g/mol. The van der Waals surface area contributed by atoms with Gasteiger partial charge in [0.15, 0.2) is 0 Å². The van der Waals surface area contributed by atoms with Gasteiger partial charge in [0, 0.05) is 34.6 Å². The molecule has 0 aliphatic carbocycles. The summed E-state index contributed by atoms with van der Waals surface area (Å²) in [6, 6.07) is 16.1. The highest BCUT2D eigenvalue weighted by Gasteiger charge is 2.33. The second-order valence-corrected chi connectivity index (χ2v) is 9.82. The van der Waals surface area contributed by atoms with Crippen molar-refractivity contribution in [3.05, 3.63) is 81.0 Å². The van der Waals surface area contributed by atoms with Gasteiger partial charge in [-0.1, -0.05) is 30.7 Å². The third-order valence-electron chi connectivity index (χ3n) is 6.04. The number of hydrogen-bond donors (Lipinski definition) is 0. The number of fused-ring (bicyclic) bond motifs is 1. The van der Waals surface area contributed by atoms with Crippen LogP contribution in [0.25, 0.3) is 0 Å². The molecule has 0 spiro atoms. The predicted octanol–water partition coefficient (Wildman–Crippen LogP) is 5.47. The lowest BCUT2D eigenvalue weighted by molar-refractivity contribution is -0.135. The van der Waals surface area contributed by atoms with E-state index in [0.717, 1.165) is 18.4 Å². The molecule has 2 heterocycles. The van der Waals surface area contributed by atoms with Crippen LogP contribution >= 0.6 is 22.9 Å². The molecule has 0 saturated heterocycles. The maximum absolute atomic E-state index is 13.6. The van der Waals surface area contributed by atoms with Crippen LogP contribution in [0.15, 0.2) is 60.0 Å². The molecule has 3 aromatic rings. The van der Waals surface area contributed by atoms with Crippen LogP contribution < -0.4 is 9.47 Å². The number of methoxy groups -OCH3 is 1. The fraction of sp³-hybridized carbons (Fsp3) is 0.333. The Balaban J connectivity index is 1.52. The maximum atomic E-state index is 13.6. The van der Waals surface area contributed by atoms with E-state index in [-0.39, 0.29) is 24.4 Å². The van der Waals surface area contributed by atoms with Gasteiger partial charge in [-0.15, -0.1) is 11.3 Å². The predicted molar refractivity (Wildman–Crippen MR) is 139 cm³/mol. The molecular formula is C27H29ClN2O4S. The van der Waals surface area contributed by atoms with Crippen molar-refractivity contribution in [3.63, 3.8) is 0 Å². The molecule has 8 heteroatoms. The molecule has 184 valence electrons. The second kappa shape index (κ2) is 11.6. The molecule has 1 aliphatic heterocycles. The zero-order valence-electron chi connectivity index (χ0n) is 19.9. The van der Waals surface area contributed by atoms with Gasteiger partial charge in [0.1, 0.15) is 24.7 Å². The Hall–Kier alpha value is -3.03. The summed E-state index contributed by atoms with van der Waals surface area (Å²) in [6.07, 6.45) is 1.54. The first-order valence-corrected chi connectivity index (χ1v) is 12.9. The summed E-state index contributed by atoms with van der Waals surface area (Å²) in [5.74, 6) is 1.11. The van der Waals surface area contributed by atoms with Gasteiger partial charge in [0.25, 0.3) is 5.91 Å². The van der Waals surface area contributed by atoms with Gasteiger partial charge in [-0.25, -0.2) is 0 Å². The van der Waals surface area contributed by atoms with Gasteiger partial charge in [0.2, 0.25) is 5.91 Å². The van der Waals surface area contributed by atoms with Crippen molar-refractivity contribution in [2.45, 2.75) is 25.8 Å². The standard InChI is InChI=1S/C27H29ClN2O4S/c1-3-12-29(27(32)19-6-4-7-20(28)15-19)17-26(31)30-13-10-25-23(11-14-35-25)24(30)18-34-22-9-5-8-21(16-22)33-2/h4-9,11,14-16,24H,3,10,12-13,17-18H2,1-2H3/t24-/m1/s1. The Labute approximate surface area is 215 Å². The number of rotatable bonds is 9. The van der Waals surface area contributed by atoms with Crippen LogP contribution in [0.1, 0.15) is 40.2 Å². The lowest BCUT2D eigenvalue weighted by Gasteiger charge is -2.37. The lowest BCUT2D eigenvalue weighted by atomic mass is 10.0. The first-order valence-electron chi connectivity index (χ1n) is 11.7. The van der Waals surface area contributed by atoms with Crippen molar-refractivity contribution in [2.75, 3.05) is 33.4 Å². The van der Waals surface area contributed by atoms with Crippen LogP contribution in [0.3, 0.4) is 0 Å². The molecule has 2 amide bonds. The summed E-state index contributed by atoms with van der Waals surface area (Å²) in [4.78, 5) is 31.5. The summed E-state index contributed by atoms with van der Waals surface area (Å²) < 4.78 is 11.4. The minimum atomic E-state index is -0.228. The van der Waals surface area contributed by atoms with Crippen LogP contribution in [0.5, 0.6) is 11.5 Å². The molecule has 6 nitrogen and oxygen atoms in total. The van der Waals surface area contributed by atoms with Gasteiger partial charge >= 0.3 is 0 Å².